The van der Waals surface area contributed by atoms with Crippen LogP contribution in [0.15, 0.2) is 48.7 Å². The van der Waals surface area contributed by atoms with Crippen molar-refractivity contribution in [3.05, 3.63) is 59.8 Å². The molecule has 2 heterocycles. The quantitative estimate of drug-likeness (QED) is 0.860. The van der Waals surface area contributed by atoms with Gasteiger partial charge in [-0.05, 0) is 24.1 Å². The van der Waals surface area contributed by atoms with E-state index in [2.05, 4.69) is 15.2 Å². The standard InChI is InChI=1S/C19H24N4O2/c1-19(20,16-5-3-2-4-6-16)18(24)22-14-15-7-8-17(21-13-15)23-9-11-25-12-10-23/h2-8,13H,9-12,14,20H2,1H3,(H,22,24). The molecule has 132 valence electrons. The number of aromatic nitrogens is 1. The first-order chi connectivity index (χ1) is 12.1. The predicted octanol–water partition coefficient (Wildman–Crippen LogP) is 1.41. The van der Waals surface area contributed by atoms with Gasteiger partial charge in [0.1, 0.15) is 11.4 Å². The summed E-state index contributed by atoms with van der Waals surface area (Å²) in [6.07, 6.45) is 1.79. The summed E-state index contributed by atoms with van der Waals surface area (Å²) < 4.78 is 5.35. The van der Waals surface area contributed by atoms with Gasteiger partial charge in [0.05, 0.1) is 13.2 Å². The Kier molecular flexibility index (Phi) is 5.31. The monoisotopic (exact) mass is 340 g/mol. The fourth-order valence-electron chi connectivity index (χ4n) is 2.78. The second-order valence-electron chi connectivity index (χ2n) is 6.38. The van der Waals surface area contributed by atoms with E-state index in [1.165, 1.54) is 0 Å². The number of pyridine rings is 1. The van der Waals surface area contributed by atoms with Crippen molar-refractivity contribution in [2.75, 3.05) is 31.2 Å². The number of ether oxygens (including phenoxy) is 1. The number of rotatable bonds is 5. The second kappa shape index (κ2) is 7.63. The summed E-state index contributed by atoms with van der Waals surface area (Å²) in [6.45, 7) is 5.28. The lowest BCUT2D eigenvalue weighted by atomic mass is 9.92. The number of morpholine rings is 1. The summed E-state index contributed by atoms with van der Waals surface area (Å²) in [7, 11) is 0. The molecule has 1 unspecified atom stereocenters. The summed E-state index contributed by atoms with van der Waals surface area (Å²) >= 11 is 0. The fraction of sp³-hybridized carbons (Fsp3) is 0.368. The van der Waals surface area contributed by atoms with Gasteiger partial charge in [-0.3, -0.25) is 4.79 Å². The van der Waals surface area contributed by atoms with Crippen molar-refractivity contribution in [3.8, 4) is 0 Å². The van der Waals surface area contributed by atoms with Crippen LogP contribution in [-0.4, -0.2) is 37.2 Å². The van der Waals surface area contributed by atoms with Crippen molar-refractivity contribution >= 4 is 11.7 Å². The summed E-state index contributed by atoms with van der Waals surface area (Å²) in [5, 5.41) is 2.90. The molecule has 1 saturated heterocycles. The third-order valence-electron chi connectivity index (χ3n) is 4.44. The number of benzene rings is 1. The van der Waals surface area contributed by atoms with Crippen LogP contribution in [0.5, 0.6) is 0 Å². The molecule has 3 rings (SSSR count). The Balaban J connectivity index is 1.58. The summed E-state index contributed by atoms with van der Waals surface area (Å²) in [4.78, 5) is 19.2. The molecule has 6 heteroatoms. The summed E-state index contributed by atoms with van der Waals surface area (Å²) in [6, 6.07) is 13.3. The van der Waals surface area contributed by atoms with Crippen LogP contribution >= 0.6 is 0 Å². The first kappa shape index (κ1) is 17.4. The molecule has 1 fully saturated rings. The smallest absolute Gasteiger partial charge is 0.244 e. The van der Waals surface area contributed by atoms with E-state index in [4.69, 9.17) is 10.5 Å². The van der Waals surface area contributed by atoms with Crippen molar-refractivity contribution in [2.45, 2.75) is 19.0 Å². The van der Waals surface area contributed by atoms with Crippen LogP contribution in [0.1, 0.15) is 18.1 Å². The molecule has 0 aliphatic carbocycles. The molecule has 2 aromatic rings. The van der Waals surface area contributed by atoms with Crippen LogP contribution < -0.4 is 16.0 Å². The second-order valence-corrected chi connectivity index (χ2v) is 6.38. The average Bonchev–Trinajstić information content (AvgIpc) is 2.68. The zero-order chi connectivity index (χ0) is 17.7. The van der Waals surface area contributed by atoms with Crippen molar-refractivity contribution in [2.24, 2.45) is 5.73 Å². The van der Waals surface area contributed by atoms with E-state index in [1.54, 1.807) is 13.1 Å². The Hall–Kier alpha value is -2.44. The van der Waals surface area contributed by atoms with E-state index in [-0.39, 0.29) is 5.91 Å². The maximum Gasteiger partial charge on any atom is 0.244 e. The van der Waals surface area contributed by atoms with Crippen LogP contribution in [0.3, 0.4) is 0 Å². The average molecular weight is 340 g/mol. The number of nitrogens with one attached hydrogen (secondary N) is 1. The minimum absolute atomic E-state index is 0.212. The molecule has 0 bridgehead atoms. The number of amides is 1. The highest BCUT2D eigenvalue weighted by molar-refractivity contribution is 5.86. The minimum Gasteiger partial charge on any atom is -0.378 e. The minimum atomic E-state index is -1.07. The van der Waals surface area contributed by atoms with Crippen molar-refractivity contribution in [3.63, 3.8) is 0 Å². The van der Waals surface area contributed by atoms with E-state index in [9.17, 15) is 4.79 Å². The predicted molar refractivity (Wildman–Crippen MR) is 97.1 cm³/mol. The van der Waals surface area contributed by atoms with E-state index in [0.29, 0.717) is 6.54 Å². The maximum absolute atomic E-state index is 12.5. The van der Waals surface area contributed by atoms with Crippen LogP contribution in [0.4, 0.5) is 5.82 Å². The molecule has 1 aliphatic rings. The fourth-order valence-corrected chi connectivity index (χ4v) is 2.78. The molecule has 6 nitrogen and oxygen atoms in total. The van der Waals surface area contributed by atoms with Gasteiger partial charge in [-0.2, -0.15) is 0 Å². The van der Waals surface area contributed by atoms with Gasteiger partial charge in [0, 0.05) is 25.8 Å². The van der Waals surface area contributed by atoms with Crippen molar-refractivity contribution < 1.29 is 9.53 Å². The Morgan fingerprint density at radius 2 is 1.96 bits per heavy atom. The topological polar surface area (TPSA) is 80.5 Å². The lowest BCUT2D eigenvalue weighted by Gasteiger charge is -2.27. The van der Waals surface area contributed by atoms with Crippen LogP contribution in [0.25, 0.3) is 0 Å². The van der Waals surface area contributed by atoms with Gasteiger partial charge >= 0.3 is 0 Å². The van der Waals surface area contributed by atoms with Crippen molar-refractivity contribution in [1.82, 2.24) is 10.3 Å². The highest BCUT2D eigenvalue weighted by atomic mass is 16.5. The van der Waals surface area contributed by atoms with Gasteiger partial charge in [-0.25, -0.2) is 4.98 Å². The Morgan fingerprint density at radius 1 is 1.24 bits per heavy atom. The molecule has 0 saturated carbocycles. The lowest BCUT2D eigenvalue weighted by molar-refractivity contribution is -0.126. The number of nitrogens with two attached hydrogens (primary N) is 1. The van der Waals surface area contributed by atoms with Gasteiger partial charge in [-0.15, -0.1) is 0 Å². The molecule has 1 aromatic carbocycles. The molecule has 1 aromatic heterocycles. The largest absolute Gasteiger partial charge is 0.378 e. The molecular weight excluding hydrogens is 316 g/mol. The molecule has 25 heavy (non-hydrogen) atoms. The van der Waals surface area contributed by atoms with Crippen LogP contribution in [0.2, 0.25) is 0 Å². The first-order valence-corrected chi connectivity index (χ1v) is 8.48. The SMILES string of the molecule is CC(N)(C(=O)NCc1ccc(N2CCOCC2)nc1)c1ccccc1. The molecule has 1 amide bonds. The molecule has 0 spiro atoms. The maximum atomic E-state index is 12.5. The van der Waals surface area contributed by atoms with Gasteiger partial charge in [-0.1, -0.05) is 36.4 Å². The Bertz CT molecular complexity index is 695. The van der Waals surface area contributed by atoms with E-state index in [1.807, 2.05) is 42.5 Å². The van der Waals surface area contributed by atoms with Crippen LogP contribution in [0, 0.1) is 0 Å². The first-order valence-electron chi connectivity index (χ1n) is 8.48. The number of hydrogen-bond acceptors (Lipinski definition) is 5. The number of nitrogens with zero attached hydrogens (tertiary/aromatic N) is 2. The number of hydrogen-bond donors (Lipinski definition) is 2. The molecular formula is C19H24N4O2. The molecule has 1 aliphatic heterocycles. The van der Waals surface area contributed by atoms with Gasteiger partial charge in [0.2, 0.25) is 5.91 Å². The lowest BCUT2D eigenvalue weighted by Crippen LogP contribution is -2.48. The Labute approximate surface area is 148 Å². The third kappa shape index (κ3) is 4.15. The van der Waals surface area contributed by atoms with Crippen LogP contribution in [-0.2, 0) is 21.6 Å². The molecule has 0 radical (unpaired) electrons. The summed E-state index contributed by atoms with van der Waals surface area (Å²) in [5.74, 6) is 0.724. The third-order valence-corrected chi connectivity index (χ3v) is 4.44. The normalized spacial score (nSPS) is 17.0. The van der Waals surface area contributed by atoms with E-state index < -0.39 is 5.54 Å². The Morgan fingerprint density at radius 3 is 2.60 bits per heavy atom. The zero-order valence-corrected chi connectivity index (χ0v) is 14.4. The summed E-state index contributed by atoms with van der Waals surface area (Å²) in [5.41, 5.74) is 6.88. The van der Waals surface area contributed by atoms with Crippen molar-refractivity contribution in [1.29, 1.82) is 0 Å². The zero-order valence-electron chi connectivity index (χ0n) is 14.4. The van der Waals surface area contributed by atoms with Gasteiger partial charge in [0.25, 0.3) is 0 Å². The van der Waals surface area contributed by atoms with Gasteiger partial charge < -0.3 is 20.7 Å². The van der Waals surface area contributed by atoms with Gasteiger partial charge in [0.15, 0.2) is 0 Å². The number of anilines is 1. The highest BCUT2D eigenvalue weighted by Crippen LogP contribution is 2.18. The van der Waals surface area contributed by atoms with E-state index >= 15 is 0 Å². The molecule has 3 N–H and O–H groups in total. The van der Waals surface area contributed by atoms with E-state index in [0.717, 1.165) is 43.2 Å². The highest BCUT2D eigenvalue weighted by Gasteiger charge is 2.29. The number of carbonyl (C=O) groups is 1. The number of carbonyl (C=O) groups excluding carboxylic acids is 1. The molecule has 1 atom stereocenters.